The van der Waals surface area contributed by atoms with E-state index in [0.29, 0.717) is 11.8 Å². The summed E-state index contributed by atoms with van der Waals surface area (Å²) in [6, 6.07) is 7.87. The molecule has 0 bridgehead atoms. The average Bonchev–Trinajstić information content (AvgIpc) is 3.24. The quantitative estimate of drug-likeness (QED) is 0.915. The smallest absolute Gasteiger partial charge is 0.213 e. The molecule has 1 N–H and O–H groups in total. The van der Waals surface area contributed by atoms with Gasteiger partial charge >= 0.3 is 0 Å². The second kappa shape index (κ2) is 4.88. The number of hydrogen-bond acceptors (Lipinski definition) is 3. The van der Waals surface area contributed by atoms with Crippen LogP contribution in [0.2, 0.25) is 0 Å². The lowest BCUT2D eigenvalue weighted by molar-refractivity contribution is 0.288. The van der Waals surface area contributed by atoms with Gasteiger partial charge in [0.05, 0.1) is 6.61 Å². The van der Waals surface area contributed by atoms with E-state index in [9.17, 15) is 9.50 Å². The minimum atomic E-state index is -0.624. The topological polar surface area (TPSA) is 42.4 Å². The van der Waals surface area contributed by atoms with Crippen molar-refractivity contribution in [3.63, 3.8) is 0 Å². The van der Waals surface area contributed by atoms with Crippen LogP contribution in [0.3, 0.4) is 0 Å². The summed E-state index contributed by atoms with van der Waals surface area (Å²) < 4.78 is 18.5. The third kappa shape index (κ3) is 2.84. The highest BCUT2D eigenvalue weighted by atomic mass is 19.1. The molecule has 0 radical (unpaired) electrons. The van der Waals surface area contributed by atoms with Crippen LogP contribution in [0, 0.1) is 11.7 Å². The molecule has 1 heterocycles. The largest absolute Gasteiger partial charge is 0.505 e. The number of pyridine rings is 1. The lowest BCUT2D eigenvalue weighted by Crippen LogP contribution is -2.00. The number of hydrogen-bond donors (Lipinski definition) is 1. The third-order valence-electron chi connectivity index (χ3n) is 3.18. The Morgan fingerprint density at radius 1 is 1.21 bits per heavy atom. The molecule has 3 nitrogen and oxygen atoms in total. The van der Waals surface area contributed by atoms with Gasteiger partial charge in [-0.2, -0.15) is 0 Å². The molecule has 1 saturated carbocycles. The molecule has 1 aliphatic carbocycles. The Morgan fingerprint density at radius 3 is 2.63 bits per heavy atom. The van der Waals surface area contributed by atoms with E-state index in [-0.39, 0.29) is 5.75 Å². The summed E-state index contributed by atoms with van der Waals surface area (Å²) in [6.45, 7) is 0.726. The van der Waals surface area contributed by atoms with Crippen LogP contribution in [0.25, 0.3) is 11.1 Å². The van der Waals surface area contributed by atoms with Crippen LogP contribution in [-0.2, 0) is 0 Å². The lowest BCUT2D eigenvalue weighted by atomic mass is 10.1. The standard InChI is InChI=1S/C15H14FNO2/c16-13-5-3-11(7-14(13)18)12-4-6-15(17-8-12)19-9-10-1-2-10/h3-8,10,18H,1-2,9H2. The molecule has 0 amide bonds. The van der Waals surface area contributed by atoms with Crippen LogP contribution in [0.5, 0.6) is 11.6 Å². The van der Waals surface area contributed by atoms with E-state index in [1.165, 1.54) is 25.0 Å². The van der Waals surface area contributed by atoms with Crippen molar-refractivity contribution in [1.82, 2.24) is 4.98 Å². The molecular weight excluding hydrogens is 245 g/mol. The number of phenols is 1. The van der Waals surface area contributed by atoms with Crippen LogP contribution in [0.15, 0.2) is 36.5 Å². The highest BCUT2D eigenvalue weighted by Gasteiger charge is 2.22. The Hall–Kier alpha value is -2.10. The molecule has 98 valence electrons. The fourth-order valence-electron chi connectivity index (χ4n) is 1.82. The average molecular weight is 259 g/mol. The van der Waals surface area contributed by atoms with E-state index in [1.54, 1.807) is 18.3 Å². The van der Waals surface area contributed by atoms with Crippen LogP contribution < -0.4 is 4.74 Å². The number of aromatic nitrogens is 1. The minimum Gasteiger partial charge on any atom is -0.505 e. The van der Waals surface area contributed by atoms with Gasteiger partial charge in [0, 0.05) is 17.8 Å². The van der Waals surface area contributed by atoms with E-state index in [4.69, 9.17) is 4.74 Å². The highest BCUT2D eigenvalue weighted by Crippen LogP contribution is 2.30. The van der Waals surface area contributed by atoms with E-state index < -0.39 is 5.82 Å². The number of phenolic OH excluding ortho intramolecular Hbond substituents is 1. The van der Waals surface area contributed by atoms with Crippen LogP contribution >= 0.6 is 0 Å². The number of aromatic hydroxyl groups is 1. The van der Waals surface area contributed by atoms with Crippen LogP contribution in [-0.4, -0.2) is 16.7 Å². The SMILES string of the molecule is Oc1cc(-c2ccc(OCC3CC3)nc2)ccc1F. The monoisotopic (exact) mass is 259 g/mol. The van der Waals surface area contributed by atoms with E-state index in [0.717, 1.165) is 17.7 Å². The number of ether oxygens (including phenoxy) is 1. The van der Waals surface area contributed by atoms with Crippen molar-refractivity contribution < 1.29 is 14.2 Å². The van der Waals surface area contributed by atoms with Gasteiger partial charge in [-0.3, -0.25) is 0 Å². The summed E-state index contributed by atoms with van der Waals surface area (Å²) in [4.78, 5) is 4.21. The molecule has 0 aliphatic heterocycles. The fraction of sp³-hybridized carbons (Fsp3) is 0.267. The normalized spacial score (nSPS) is 14.4. The first-order valence-electron chi connectivity index (χ1n) is 6.30. The molecule has 3 rings (SSSR count). The Bertz CT molecular complexity index is 579. The maximum Gasteiger partial charge on any atom is 0.213 e. The number of rotatable bonds is 4. The van der Waals surface area contributed by atoms with Gasteiger partial charge in [-0.05, 0) is 42.5 Å². The van der Waals surface area contributed by atoms with Gasteiger partial charge in [-0.1, -0.05) is 6.07 Å². The summed E-state index contributed by atoms with van der Waals surface area (Å²) in [5.74, 6) is 0.310. The summed E-state index contributed by atoms with van der Waals surface area (Å²) in [5, 5.41) is 9.35. The molecule has 1 aromatic heterocycles. The van der Waals surface area contributed by atoms with Crippen molar-refractivity contribution in [3.05, 3.63) is 42.3 Å². The van der Waals surface area contributed by atoms with Crippen molar-refractivity contribution >= 4 is 0 Å². The Labute approximate surface area is 110 Å². The molecule has 1 aromatic carbocycles. The van der Waals surface area contributed by atoms with Crippen molar-refractivity contribution in [2.45, 2.75) is 12.8 Å². The predicted octanol–water partition coefficient (Wildman–Crippen LogP) is 3.38. The molecule has 0 unspecified atom stereocenters. The molecule has 1 fully saturated rings. The van der Waals surface area contributed by atoms with E-state index in [1.807, 2.05) is 6.07 Å². The van der Waals surface area contributed by atoms with Gasteiger partial charge < -0.3 is 9.84 Å². The Morgan fingerprint density at radius 2 is 2.00 bits per heavy atom. The molecular formula is C15H14FNO2. The zero-order valence-corrected chi connectivity index (χ0v) is 10.3. The first-order valence-corrected chi connectivity index (χ1v) is 6.30. The van der Waals surface area contributed by atoms with E-state index in [2.05, 4.69) is 4.98 Å². The summed E-state index contributed by atoms with van der Waals surface area (Å²) in [5.41, 5.74) is 1.54. The van der Waals surface area contributed by atoms with Gasteiger partial charge in [0.1, 0.15) is 0 Å². The molecule has 0 saturated heterocycles. The van der Waals surface area contributed by atoms with Crippen LogP contribution in [0.1, 0.15) is 12.8 Å². The molecule has 19 heavy (non-hydrogen) atoms. The highest BCUT2D eigenvalue weighted by molar-refractivity contribution is 5.64. The van der Waals surface area contributed by atoms with Crippen molar-refractivity contribution in [3.8, 4) is 22.8 Å². The second-order valence-electron chi connectivity index (χ2n) is 4.81. The number of nitrogens with zero attached hydrogens (tertiary/aromatic N) is 1. The first kappa shape index (κ1) is 12.0. The maximum atomic E-state index is 13.0. The Balaban J connectivity index is 1.74. The molecule has 4 heteroatoms. The molecule has 0 atom stereocenters. The third-order valence-corrected chi connectivity index (χ3v) is 3.18. The van der Waals surface area contributed by atoms with E-state index >= 15 is 0 Å². The first-order chi connectivity index (χ1) is 9.22. The predicted molar refractivity (Wildman–Crippen MR) is 69.5 cm³/mol. The number of benzene rings is 1. The van der Waals surface area contributed by atoms with Crippen molar-refractivity contribution in [2.24, 2.45) is 5.92 Å². The van der Waals surface area contributed by atoms with Gasteiger partial charge in [0.25, 0.3) is 0 Å². The zero-order chi connectivity index (χ0) is 13.2. The number of halogens is 1. The van der Waals surface area contributed by atoms with Crippen molar-refractivity contribution in [2.75, 3.05) is 6.61 Å². The minimum absolute atomic E-state index is 0.355. The molecule has 1 aliphatic rings. The summed E-state index contributed by atoms with van der Waals surface area (Å²) in [7, 11) is 0. The van der Waals surface area contributed by atoms with Gasteiger partial charge in [0.2, 0.25) is 5.88 Å². The fourth-order valence-corrected chi connectivity index (χ4v) is 1.82. The Kier molecular flexibility index (Phi) is 3.07. The lowest BCUT2D eigenvalue weighted by Gasteiger charge is -2.06. The summed E-state index contributed by atoms with van der Waals surface area (Å²) in [6.07, 6.45) is 4.15. The zero-order valence-electron chi connectivity index (χ0n) is 10.3. The van der Waals surface area contributed by atoms with Crippen molar-refractivity contribution in [1.29, 1.82) is 0 Å². The van der Waals surface area contributed by atoms with Crippen LogP contribution in [0.4, 0.5) is 4.39 Å². The van der Waals surface area contributed by atoms with Gasteiger partial charge in [-0.25, -0.2) is 9.37 Å². The van der Waals surface area contributed by atoms with Gasteiger partial charge in [-0.15, -0.1) is 0 Å². The maximum absolute atomic E-state index is 13.0. The van der Waals surface area contributed by atoms with Gasteiger partial charge in [0.15, 0.2) is 11.6 Å². The summed E-state index contributed by atoms with van der Waals surface area (Å²) >= 11 is 0. The molecule has 2 aromatic rings. The second-order valence-corrected chi connectivity index (χ2v) is 4.81. The molecule has 0 spiro atoms.